The summed E-state index contributed by atoms with van der Waals surface area (Å²) in [5.74, 6) is 2.30. The number of terminal acetylenes is 1. The van der Waals surface area contributed by atoms with Gasteiger partial charge in [-0.2, -0.15) is 0 Å². The Bertz CT molecular complexity index is 646. The van der Waals surface area contributed by atoms with Crippen molar-refractivity contribution in [1.82, 2.24) is 0 Å². The van der Waals surface area contributed by atoms with E-state index in [1.54, 1.807) is 13.0 Å². The number of carbonyl (C=O) groups excluding carboxylic acids is 2. The first kappa shape index (κ1) is 19.3. The Morgan fingerprint density at radius 1 is 1.35 bits per heavy atom. The number of fused-ring (bicyclic) bond motifs is 2. The lowest BCUT2D eigenvalue weighted by Gasteiger charge is -2.54. The standard InChI is InChI=1S/C22H30O4/c1-6-19(4,15-23)14-17(24)20(5)16(3)8-9-21(7-2)10-11-22(18(20)21)25-12-13-26-22/h2,6,15-16,18H,1,8-14H2,3-5H3/t16-,18+,19+,20+,21+/m1/s1. The number of hydrogen-bond acceptors (Lipinski definition) is 4. The molecule has 4 heteroatoms. The van der Waals surface area contributed by atoms with E-state index in [1.807, 2.05) is 6.92 Å². The first-order valence-corrected chi connectivity index (χ1v) is 9.61. The molecule has 3 fully saturated rings. The number of ether oxygens (including phenoxy) is 2. The predicted molar refractivity (Wildman–Crippen MR) is 99.1 cm³/mol. The van der Waals surface area contributed by atoms with E-state index in [9.17, 15) is 9.59 Å². The molecule has 26 heavy (non-hydrogen) atoms. The van der Waals surface area contributed by atoms with Crippen LogP contribution >= 0.6 is 0 Å². The average Bonchev–Trinajstić information content (AvgIpc) is 3.25. The fourth-order valence-electron chi connectivity index (χ4n) is 5.61. The first-order valence-electron chi connectivity index (χ1n) is 9.61. The Hall–Kier alpha value is -1.44. The van der Waals surface area contributed by atoms with Crippen LogP contribution in [0.25, 0.3) is 0 Å². The van der Waals surface area contributed by atoms with Crippen molar-refractivity contribution in [2.45, 2.75) is 58.7 Å². The van der Waals surface area contributed by atoms with Gasteiger partial charge in [-0.1, -0.05) is 25.8 Å². The number of carbonyl (C=O) groups is 2. The minimum atomic E-state index is -0.862. The molecule has 3 rings (SSSR count). The van der Waals surface area contributed by atoms with E-state index < -0.39 is 16.6 Å². The number of ketones is 1. The molecule has 0 radical (unpaired) electrons. The molecule has 5 atom stereocenters. The van der Waals surface area contributed by atoms with Gasteiger partial charge in [0.1, 0.15) is 12.1 Å². The molecule has 0 N–H and O–H groups in total. The normalized spacial score (nSPS) is 40.4. The number of rotatable bonds is 5. The third-order valence-corrected chi connectivity index (χ3v) is 7.50. The van der Waals surface area contributed by atoms with Gasteiger partial charge in [0.15, 0.2) is 5.79 Å². The molecule has 0 amide bonds. The van der Waals surface area contributed by atoms with Crippen molar-refractivity contribution in [2.75, 3.05) is 13.2 Å². The van der Waals surface area contributed by atoms with Crippen LogP contribution in [0.4, 0.5) is 0 Å². The molecule has 0 aromatic rings. The van der Waals surface area contributed by atoms with Crippen LogP contribution in [0.3, 0.4) is 0 Å². The topological polar surface area (TPSA) is 52.6 Å². The lowest BCUT2D eigenvalue weighted by atomic mass is 9.49. The molecule has 4 nitrogen and oxygen atoms in total. The van der Waals surface area contributed by atoms with E-state index in [2.05, 4.69) is 19.4 Å². The Kier molecular flexibility index (Phi) is 4.70. The van der Waals surface area contributed by atoms with Crippen LogP contribution in [0, 0.1) is 40.4 Å². The van der Waals surface area contributed by atoms with Crippen LogP contribution in [0.1, 0.15) is 52.9 Å². The lowest BCUT2D eigenvalue weighted by Crippen LogP contribution is -2.58. The number of hydrogen-bond donors (Lipinski definition) is 0. The molecule has 2 saturated carbocycles. The van der Waals surface area contributed by atoms with Crippen LogP contribution in [0.2, 0.25) is 0 Å². The molecule has 2 aliphatic carbocycles. The molecular weight excluding hydrogens is 328 g/mol. The zero-order valence-corrected chi connectivity index (χ0v) is 16.2. The molecule has 0 bridgehead atoms. The average molecular weight is 358 g/mol. The van der Waals surface area contributed by atoms with E-state index in [-0.39, 0.29) is 29.5 Å². The molecule has 1 aliphatic heterocycles. The molecule has 0 aromatic carbocycles. The third-order valence-electron chi connectivity index (χ3n) is 7.50. The second-order valence-corrected chi connectivity index (χ2v) is 8.89. The summed E-state index contributed by atoms with van der Waals surface area (Å²) in [6.07, 6.45) is 11.9. The van der Waals surface area contributed by atoms with Crippen molar-refractivity contribution in [3.63, 3.8) is 0 Å². The van der Waals surface area contributed by atoms with E-state index in [4.69, 9.17) is 15.9 Å². The van der Waals surface area contributed by atoms with Gasteiger partial charge in [0, 0.05) is 35.0 Å². The van der Waals surface area contributed by atoms with Gasteiger partial charge in [-0.05, 0) is 32.1 Å². The van der Waals surface area contributed by atoms with Gasteiger partial charge in [-0.15, -0.1) is 13.0 Å². The molecule has 1 saturated heterocycles. The molecule has 0 aromatic heterocycles. The van der Waals surface area contributed by atoms with E-state index in [1.165, 1.54) is 0 Å². The van der Waals surface area contributed by atoms with Gasteiger partial charge in [-0.25, -0.2) is 0 Å². The molecule has 1 spiro atoms. The monoisotopic (exact) mass is 358 g/mol. The fourth-order valence-corrected chi connectivity index (χ4v) is 5.61. The summed E-state index contributed by atoms with van der Waals surface area (Å²) < 4.78 is 12.2. The number of aldehydes is 1. The third kappa shape index (κ3) is 2.52. The fraction of sp³-hybridized carbons (Fsp3) is 0.727. The number of allylic oxidation sites excluding steroid dienone is 1. The zero-order chi connectivity index (χ0) is 19.2. The maximum atomic E-state index is 13.6. The first-order chi connectivity index (χ1) is 12.2. The predicted octanol–water partition coefficient (Wildman–Crippen LogP) is 3.55. The highest BCUT2D eigenvalue weighted by Crippen LogP contribution is 2.67. The van der Waals surface area contributed by atoms with Crippen molar-refractivity contribution < 1.29 is 19.1 Å². The van der Waals surface area contributed by atoms with Crippen LogP contribution in [-0.4, -0.2) is 31.1 Å². The van der Waals surface area contributed by atoms with Crippen molar-refractivity contribution >= 4 is 12.1 Å². The van der Waals surface area contributed by atoms with Crippen LogP contribution in [-0.2, 0) is 19.1 Å². The molecule has 1 heterocycles. The Balaban J connectivity index is 2.07. The molecule has 0 unspecified atom stereocenters. The Morgan fingerprint density at radius 3 is 2.54 bits per heavy atom. The van der Waals surface area contributed by atoms with Gasteiger partial charge in [0.2, 0.25) is 0 Å². The van der Waals surface area contributed by atoms with Crippen LogP contribution in [0.15, 0.2) is 12.7 Å². The second-order valence-electron chi connectivity index (χ2n) is 8.89. The minimum Gasteiger partial charge on any atom is -0.347 e. The van der Waals surface area contributed by atoms with E-state index in [0.29, 0.717) is 13.2 Å². The Labute approximate surface area is 156 Å². The van der Waals surface area contributed by atoms with E-state index in [0.717, 1.165) is 32.0 Å². The Morgan fingerprint density at radius 2 is 2.00 bits per heavy atom. The van der Waals surface area contributed by atoms with Gasteiger partial charge in [0.25, 0.3) is 0 Å². The molecule has 3 aliphatic rings. The summed E-state index contributed by atoms with van der Waals surface area (Å²) in [6, 6.07) is 0. The maximum Gasteiger partial charge on any atom is 0.173 e. The largest absolute Gasteiger partial charge is 0.347 e. The van der Waals surface area contributed by atoms with Crippen molar-refractivity contribution in [3.05, 3.63) is 12.7 Å². The quantitative estimate of drug-likeness (QED) is 0.428. The summed E-state index contributed by atoms with van der Waals surface area (Å²) in [7, 11) is 0. The lowest BCUT2D eigenvalue weighted by molar-refractivity contribution is -0.232. The van der Waals surface area contributed by atoms with Gasteiger partial charge < -0.3 is 14.3 Å². The maximum absolute atomic E-state index is 13.6. The highest BCUT2D eigenvalue weighted by Gasteiger charge is 2.70. The summed E-state index contributed by atoms with van der Waals surface area (Å²) in [6.45, 7) is 10.7. The number of Topliss-reactive ketones (excluding diaryl/α,β-unsaturated/α-hetero) is 1. The van der Waals surface area contributed by atoms with Crippen molar-refractivity contribution in [3.8, 4) is 12.3 Å². The van der Waals surface area contributed by atoms with Gasteiger partial charge in [-0.3, -0.25) is 4.79 Å². The highest BCUT2D eigenvalue weighted by atomic mass is 16.7. The minimum absolute atomic E-state index is 0.0594. The van der Waals surface area contributed by atoms with Crippen molar-refractivity contribution in [2.24, 2.45) is 28.1 Å². The van der Waals surface area contributed by atoms with Crippen LogP contribution in [0.5, 0.6) is 0 Å². The summed E-state index contributed by atoms with van der Waals surface area (Å²) >= 11 is 0. The highest BCUT2D eigenvalue weighted by molar-refractivity contribution is 5.89. The second kappa shape index (κ2) is 6.32. The smallest absolute Gasteiger partial charge is 0.173 e. The van der Waals surface area contributed by atoms with Crippen molar-refractivity contribution in [1.29, 1.82) is 0 Å². The summed E-state index contributed by atoms with van der Waals surface area (Å²) in [5.41, 5.74) is -1.94. The summed E-state index contributed by atoms with van der Waals surface area (Å²) in [4.78, 5) is 25.2. The molecular formula is C22H30O4. The zero-order valence-electron chi connectivity index (χ0n) is 16.2. The van der Waals surface area contributed by atoms with E-state index >= 15 is 0 Å². The van der Waals surface area contributed by atoms with Crippen LogP contribution < -0.4 is 0 Å². The van der Waals surface area contributed by atoms with Gasteiger partial charge in [0.05, 0.1) is 13.2 Å². The van der Waals surface area contributed by atoms with Gasteiger partial charge >= 0.3 is 0 Å². The molecule has 142 valence electrons. The SMILES string of the molecule is C#C[C@@]12CC[C@@H](C)[C@@](C)(C(=O)C[C@](C)(C=C)C=O)[C@@H]1C1(CC2)OCCO1. The summed E-state index contributed by atoms with van der Waals surface area (Å²) in [5, 5.41) is 0.